The zero-order valence-electron chi connectivity index (χ0n) is 11.7. The summed E-state index contributed by atoms with van der Waals surface area (Å²) in [4.78, 5) is 15.4. The number of nitrogen functional groups attached to an aromatic ring is 1. The van der Waals surface area contributed by atoms with Crippen LogP contribution in [-0.2, 0) is 4.79 Å². The second-order valence-corrected chi connectivity index (χ2v) is 5.49. The van der Waals surface area contributed by atoms with Gasteiger partial charge in [0.05, 0.1) is 0 Å². The number of anilines is 1. The van der Waals surface area contributed by atoms with Crippen LogP contribution < -0.4 is 5.73 Å². The van der Waals surface area contributed by atoms with Gasteiger partial charge in [-0.3, -0.25) is 9.80 Å². The first-order valence-corrected chi connectivity index (χ1v) is 6.83. The number of hydrogen-bond acceptors (Lipinski definition) is 4. The number of likely N-dealkylation sites (N-methyl/N-ethyl adjacent to an activating group) is 1. The van der Waals surface area contributed by atoms with Crippen LogP contribution in [0.5, 0.6) is 0 Å². The standard InChI is InChI=1S/C15H23N3O/c1-17(2)15(11-19)18-8-6-12(7-9-18)13-4-3-5-14(16)10-13/h3-5,10-12,15H,6-9,16H2,1-2H3. The molecule has 1 atom stereocenters. The summed E-state index contributed by atoms with van der Waals surface area (Å²) in [5.41, 5.74) is 8.00. The van der Waals surface area contributed by atoms with Gasteiger partial charge in [0.25, 0.3) is 0 Å². The number of hydrogen-bond donors (Lipinski definition) is 1. The Morgan fingerprint density at radius 2 is 2.05 bits per heavy atom. The Hall–Kier alpha value is -1.39. The molecule has 1 fully saturated rings. The van der Waals surface area contributed by atoms with Gasteiger partial charge in [0.1, 0.15) is 6.17 Å². The van der Waals surface area contributed by atoms with E-state index in [2.05, 4.69) is 17.0 Å². The number of piperidine rings is 1. The molecule has 1 unspecified atom stereocenters. The number of carbonyl (C=O) groups is 1. The predicted molar refractivity (Wildman–Crippen MR) is 77.9 cm³/mol. The van der Waals surface area contributed by atoms with Crippen molar-refractivity contribution in [3.05, 3.63) is 29.8 Å². The van der Waals surface area contributed by atoms with Crippen LogP contribution in [0, 0.1) is 0 Å². The molecule has 1 aromatic rings. The number of rotatable bonds is 4. The smallest absolute Gasteiger partial charge is 0.151 e. The summed E-state index contributed by atoms with van der Waals surface area (Å²) in [6.07, 6.45) is 3.10. The molecule has 2 rings (SSSR count). The van der Waals surface area contributed by atoms with E-state index >= 15 is 0 Å². The van der Waals surface area contributed by atoms with Crippen molar-refractivity contribution < 1.29 is 4.79 Å². The van der Waals surface area contributed by atoms with Crippen molar-refractivity contribution in [2.75, 3.05) is 32.9 Å². The Morgan fingerprint density at radius 3 is 2.58 bits per heavy atom. The molecule has 19 heavy (non-hydrogen) atoms. The minimum atomic E-state index is -0.0956. The molecule has 0 saturated carbocycles. The third-order valence-electron chi connectivity index (χ3n) is 3.94. The van der Waals surface area contributed by atoms with Crippen LogP contribution in [0.3, 0.4) is 0 Å². The van der Waals surface area contributed by atoms with Gasteiger partial charge in [-0.2, -0.15) is 0 Å². The third-order valence-corrected chi connectivity index (χ3v) is 3.94. The number of aldehydes is 1. The summed E-state index contributed by atoms with van der Waals surface area (Å²) < 4.78 is 0. The highest BCUT2D eigenvalue weighted by Crippen LogP contribution is 2.29. The monoisotopic (exact) mass is 261 g/mol. The first-order chi connectivity index (χ1) is 9.11. The number of nitrogens with zero attached hydrogens (tertiary/aromatic N) is 2. The molecule has 4 nitrogen and oxygen atoms in total. The molecule has 1 aliphatic rings. The molecule has 0 aromatic heterocycles. The quantitative estimate of drug-likeness (QED) is 0.660. The Morgan fingerprint density at radius 1 is 1.37 bits per heavy atom. The third kappa shape index (κ3) is 3.33. The largest absolute Gasteiger partial charge is 0.399 e. The molecule has 1 heterocycles. The van der Waals surface area contributed by atoms with Crippen molar-refractivity contribution in [2.45, 2.75) is 24.9 Å². The fourth-order valence-electron chi connectivity index (χ4n) is 2.84. The fourth-order valence-corrected chi connectivity index (χ4v) is 2.84. The Kier molecular flexibility index (Phi) is 4.56. The van der Waals surface area contributed by atoms with Gasteiger partial charge in [0, 0.05) is 18.8 Å². The van der Waals surface area contributed by atoms with E-state index in [9.17, 15) is 4.79 Å². The molecule has 4 heteroatoms. The van der Waals surface area contributed by atoms with Crippen LogP contribution in [0.1, 0.15) is 24.3 Å². The lowest BCUT2D eigenvalue weighted by Crippen LogP contribution is -2.49. The van der Waals surface area contributed by atoms with Gasteiger partial charge in [0.15, 0.2) is 6.29 Å². The van der Waals surface area contributed by atoms with E-state index in [1.54, 1.807) is 0 Å². The molecule has 0 radical (unpaired) electrons. The SMILES string of the molecule is CN(C)C(C=O)N1CCC(c2cccc(N)c2)CC1. The molecular weight excluding hydrogens is 238 g/mol. The number of nitrogens with two attached hydrogens (primary N) is 1. The fraction of sp³-hybridized carbons (Fsp3) is 0.533. The van der Waals surface area contributed by atoms with Crippen molar-refractivity contribution in [1.29, 1.82) is 0 Å². The maximum Gasteiger partial charge on any atom is 0.151 e. The zero-order chi connectivity index (χ0) is 13.8. The maximum atomic E-state index is 11.1. The van der Waals surface area contributed by atoms with Gasteiger partial charge in [-0.1, -0.05) is 12.1 Å². The molecular formula is C15H23N3O. The van der Waals surface area contributed by atoms with Crippen LogP contribution in [0.15, 0.2) is 24.3 Å². The van der Waals surface area contributed by atoms with Gasteiger partial charge < -0.3 is 10.5 Å². The van der Waals surface area contributed by atoms with Gasteiger partial charge in [-0.15, -0.1) is 0 Å². The van der Waals surface area contributed by atoms with Crippen molar-refractivity contribution in [3.8, 4) is 0 Å². The normalized spacial score (nSPS) is 19.5. The molecule has 0 spiro atoms. The molecule has 1 aliphatic heterocycles. The first-order valence-electron chi connectivity index (χ1n) is 6.83. The van der Waals surface area contributed by atoms with Crippen molar-refractivity contribution >= 4 is 12.0 Å². The Balaban J connectivity index is 1.97. The molecule has 104 valence electrons. The summed E-state index contributed by atoms with van der Waals surface area (Å²) in [7, 11) is 3.89. The van der Waals surface area contributed by atoms with E-state index in [0.29, 0.717) is 5.92 Å². The number of carbonyl (C=O) groups excluding carboxylic acids is 1. The van der Waals surface area contributed by atoms with Gasteiger partial charge >= 0.3 is 0 Å². The second-order valence-electron chi connectivity index (χ2n) is 5.49. The molecule has 0 amide bonds. The van der Waals surface area contributed by atoms with Crippen LogP contribution in [0.2, 0.25) is 0 Å². The number of likely N-dealkylation sites (tertiary alicyclic amines) is 1. The van der Waals surface area contributed by atoms with Gasteiger partial charge in [-0.05, 0) is 50.6 Å². The average molecular weight is 261 g/mol. The summed E-state index contributed by atoms with van der Waals surface area (Å²) in [6.45, 7) is 1.92. The number of benzene rings is 1. The first kappa shape index (κ1) is 14.0. The summed E-state index contributed by atoms with van der Waals surface area (Å²) >= 11 is 0. The van der Waals surface area contributed by atoms with Crippen LogP contribution >= 0.6 is 0 Å². The Labute approximate surface area is 115 Å². The van der Waals surface area contributed by atoms with Gasteiger partial charge in [-0.25, -0.2) is 0 Å². The topological polar surface area (TPSA) is 49.6 Å². The van der Waals surface area contributed by atoms with E-state index < -0.39 is 0 Å². The van der Waals surface area contributed by atoms with Crippen LogP contribution in [-0.4, -0.2) is 49.4 Å². The van der Waals surface area contributed by atoms with E-state index in [0.717, 1.165) is 37.9 Å². The highest BCUT2D eigenvalue weighted by molar-refractivity contribution is 5.56. The van der Waals surface area contributed by atoms with E-state index in [-0.39, 0.29) is 6.17 Å². The summed E-state index contributed by atoms with van der Waals surface area (Å²) in [6, 6.07) is 8.17. The van der Waals surface area contributed by atoms with E-state index in [1.807, 2.05) is 31.1 Å². The average Bonchev–Trinajstić information content (AvgIpc) is 2.40. The van der Waals surface area contributed by atoms with Crippen LogP contribution in [0.25, 0.3) is 0 Å². The summed E-state index contributed by atoms with van der Waals surface area (Å²) in [5.74, 6) is 0.564. The molecule has 0 aliphatic carbocycles. The highest BCUT2D eigenvalue weighted by Gasteiger charge is 2.26. The molecule has 2 N–H and O–H groups in total. The second kappa shape index (κ2) is 6.17. The molecule has 0 bridgehead atoms. The van der Waals surface area contributed by atoms with Crippen molar-refractivity contribution in [2.24, 2.45) is 0 Å². The highest BCUT2D eigenvalue weighted by atomic mass is 16.1. The van der Waals surface area contributed by atoms with E-state index in [1.165, 1.54) is 5.56 Å². The van der Waals surface area contributed by atoms with Crippen molar-refractivity contribution in [1.82, 2.24) is 9.80 Å². The Bertz CT molecular complexity index is 425. The lowest BCUT2D eigenvalue weighted by molar-refractivity contribution is -0.118. The summed E-state index contributed by atoms with van der Waals surface area (Å²) in [5, 5.41) is 0. The zero-order valence-corrected chi connectivity index (χ0v) is 11.7. The van der Waals surface area contributed by atoms with Crippen LogP contribution in [0.4, 0.5) is 5.69 Å². The van der Waals surface area contributed by atoms with E-state index in [4.69, 9.17) is 5.73 Å². The minimum Gasteiger partial charge on any atom is -0.399 e. The van der Waals surface area contributed by atoms with Gasteiger partial charge in [0.2, 0.25) is 0 Å². The van der Waals surface area contributed by atoms with Crippen molar-refractivity contribution in [3.63, 3.8) is 0 Å². The molecule has 1 saturated heterocycles. The minimum absolute atomic E-state index is 0.0956. The maximum absolute atomic E-state index is 11.1. The lowest BCUT2D eigenvalue weighted by atomic mass is 9.89. The molecule has 1 aromatic carbocycles. The predicted octanol–water partition coefficient (Wildman–Crippen LogP) is 1.53. The lowest BCUT2D eigenvalue weighted by Gasteiger charge is -2.37.